The Morgan fingerprint density at radius 2 is 1.71 bits per heavy atom. The van der Waals surface area contributed by atoms with Gasteiger partial charge in [0, 0.05) is 43.1 Å². The van der Waals surface area contributed by atoms with Crippen LogP contribution in [0.25, 0.3) is 10.9 Å². The largest absolute Gasteiger partial charge is 0.495 e. The van der Waals surface area contributed by atoms with Crippen LogP contribution >= 0.6 is 0 Å². The Morgan fingerprint density at radius 3 is 2.48 bits per heavy atom. The Balaban J connectivity index is 1.36. The fourth-order valence-electron chi connectivity index (χ4n) is 3.76. The molecule has 0 unspecified atom stereocenters. The van der Waals surface area contributed by atoms with Crippen molar-refractivity contribution in [3.05, 3.63) is 70.5 Å². The Morgan fingerprint density at radius 1 is 1.00 bits per heavy atom. The Labute approximate surface area is 179 Å². The highest BCUT2D eigenvalue weighted by molar-refractivity contribution is 6.03. The number of nitrogens with zero attached hydrogens (tertiary/aromatic N) is 2. The number of para-hydroxylation sites is 3. The predicted octanol–water partition coefficient (Wildman–Crippen LogP) is 2.04. The number of fused-ring (bicyclic) bond motifs is 1. The zero-order valence-electron chi connectivity index (χ0n) is 17.2. The van der Waals surface area contributed by atoms with E-state index in [9.17, 15) is 14.4 Å². The number of pyridine rings is 1. The topological polar surface area (TPSA) is 91.9 Å². The number of benzene rings is 2. The summed E-state index contributed by atoms with van der Waals surface area (Å²) in [5, 5.41) is 0.574. The van der Waals surface area contributed by atoms with Gasteiger partial charge in [0.2, 0.25) is 5.56 Å². The number of amides is 1. The summed E-state index contributed by atoms with van der Waals surface area (Å²) in [4.78, 5) is 43.5. The molecule has 0 bridgehead atoms. The first-order valence-electron chi connectivity index (χ1n) is 10.0. The molecule has 2 aromatic carbocycles. The fraction of sp³-hybridized carbons (Fsp3) is 0.261. The zero-order valence-corrected chi connectivity index (χ0v) is 17.2. The average Bonchev–Trinajstić information content (AvgIpc) is 2.81. The first-order chi connectivity index (χ1) is 15.1. The number of H-pyrrole nitrogens is 1. The van der Waals surface area contributed by atoms with Gasteiger partial charge in [0.25, 0.3) is 5.91 Å². The number of ether oxygens (including phenoxy) is 2. The monoisotopic (exact) mass is 421 g/mol. The van der Waals surface area contributed by atoms with E-state index in [1.54, 1.807) is 36.3 Å². The van der Waals surface area contributed by atoms with Gasteiger partial charge in [-0.3, -0.25) is 9.59 Å². The first kappa shape index (κ1) is 20.5. The van der Waals surface area contributed by atoms with Gasteiger partial charge in [-0.05, 0) is 18.2 Å². The zero-order chi connectivity index (χ0) is 21.8. The highest BCUT2D eigenvalue weighted by Gasteiger charge is 2.24. The second-order valence-corrected chi connectivity index (χ2v) is 7.21. The lowest BCUT2D eigenvalue weighted by Crippen LogP contribution is -2.50. The summed E-state index contributed by atoms with van der Waals surface area (Å²) < 4.78 is 10.7. The molecule has 8 heteroatoms. The van der Waals surface area contributed by atoms with Crippen LogP contribution in [-0.2, 0) is 9.53 Å². The molecule has 0 aliphatic carbocycles. The van der Waals surface area contributed by atoms with E-state index in [4.69, 9.17) is 9.47 Å². The highest BCUT2D eigenvalue weighted by atomic mass is 16.5. The van der Waals surface area contributed by atoms with Crippen LogP contribution in [0.5, 0.6) is 5.75 Å². The number of anilines is 1. The van der Waals surface area contributed by atoms with E-state index < -0.39 is 11.5 Å². The summed E-state index contributed by atoms with van der Waals surface area (Å²) >= 11 is 0. The molecule has 8 nitrogen and oxygen atoms in total. The molecule has 1 aromatic heterocycles. The van der Waals surface area contributed by atoms with Gasteiger partial charge < -0.3 is 24.3 Å². The summed E-state index contributed by atoms with van der Waals surface area (Å²) in [7, 11) is 1.64. The van der Waals surface area contributed by atoms with E-state index in [1.165, 1.54) is 6.07 Å². The third-order valence-corrected chi connectivity index (χ3v) is 5.36. The van der Waals surface area contributed by atoms with Crippen molar-refractivity contribution in [2.75, 3.05) is 44.8 Å². The molecule has 160 valence electrons. The van der Waals surface area contributed by atoms with Gasteiger partial charge in [-0.15, -0.1) is 0 Å². The van der Waals surface area contributed by atoms with Crippen molar-refractivity contribution in [1.82, 2.24) is 9.88 Å². The van der Waals surface area contributed by atoms with E-state index in [2.05, 4.69) is 9.88 Å². The van der Waals surface area contributed by atoms with Crippen molar-refractivity contribution >= 4 is 28.5 Å². The molecule has 4 rings (SSSR count). The van der Waals surface area contributed by atoms with Gasteiger partial charge in [-0.1, -0.05) is 30.3 Å². The van der Waals surface area contributed by atoms with Crippen LogP contribution in [0.2, 0.25) is 0 Å². The second kappa shape index (κ2) is 8.91. The molecule has 0 spiro atoms. The lowest BCUT2D eigenvalue weighted by molar-refractivity contribution is -0.134. The third-order valence-electron chi connectivity index (χ3n) is 5.36. The maximum atomic E-state index is 12.6. The molecule has 1 aliphatic heterocycles. The summed E-state index contributed by atoms with van der Waals surface area (Å²) in [6, 6.07) is 15.9. The van der Waals surface area contributed by atoms with Gasteiger partial charge in [0.05, 0.1) is 18.4 Å². The van der Waals surface area contributed by atoms with Crippen molar-refractivity contribution in [3.8, 4) is 5.75 Å². The summed E-state index contributed by atoms with van der Waals surface area (Å²) in [6.07, 6.45) is 0. The molecule has 1 N–H and O–H groups in total. The number of hydrogen-bond acceptors (Lipinski definition) is 6. The van der Waals surface area contributed by atoms with Crippen LogP contribution in [0.1, 0.15) is 10.4 Å². The first-order valence-corrected chi connectivity index (χ1v) is 10.0. The summed E-state index contributed by atoms with van der Waals surface area (Å²) in [5.41, 5.74) is 1.28. The van der Waals surface area contributed by atoms with Gasteiger partial charge in [-0.25, -0.2) is 4.79 Å². The van der Waals surface area contributed by atoms with E-state index >= 15 is 0 Å². The van der Waals surface area contributed by atoms with Crippen LogP contribution in [-0.4, -0.2) is 61.7 Å². The second-order valence-electron chi connectivity index (χ2n) is 7.21. The number of nitrogens with one attached hydrogen (secondary N) is 1. The van der Waals surface area contributed by atoms with Crippen molar-refractivity contribution in [3.63, 3.8) is 0 Å². The molecule has 1 fully saturated rings. The molecule has 0 radical (unpaired) electrons. The van der Waals surface area contributed by atoms with Gasteiger partial charge >= 0.3 is 5.97 Å². The normalized spacial score (nSPS) is 13.8. The van der Waals surface area contributed by atoms with Crippen LogP contribution in [0.3, 0.4) is 0 Å². The minimum atomic E-state index is -0.691. The van der Waals surface area contributed by atoms with E-state index in [-0.39, 0.29) is 18.1 Å². The van der Waals surface area contributed by atoms with E-state index in [0.717, 1.165) is 11.4 Å². The number of aromatic nitrogens is 1. The summed E-state index contributed by atoms with van der Waals surface area (Å²) in [5.74, 6) is -0.160. The molecule has 2 heterocycles. The van der Waals surface area contributed by atoms with Crippen LogP contribution in [0.4, 0.5) is 5.69 Å². The average molecular weight is 421 g/mol. The Kier molecular flexibility index (Phi) is 5.88. The highest BCUT2D eigenvalue weighted by Crippen LogP contribution is 2.28. The number of carbonyl (C=O) groups is 2. The van der Waals surface area contributed by atoms with Crippen molar-refractivity contribution in [2.24, 2.45) is 0 Å². The third kappa shape index (κ3) is 4.37. The molecule has 1 aliphatic rings. The number of aromatic amines is 1. The number of carbonyl (C=O) groups excluding carboxylic acids is 2. The van der Waals surface area contributed by atoms with Crippen molar-refractivity contribution < 1.29 is 19.1 Å². The summed E-state index contributed by atoms with van der Waals surface area (Å²) in [6.45, 7) is 1.97. The Hall–Kier alpha value is -3.81. The van der Waals surface area contributed by atoms with Gasteiger partial charge in [-0.2, -0.15) is 0 Å². The number of esters is 1. The lowest BCUT2D eigenvalue weighted by Gasteiger charge is -2.36. The van der Waals surface area contributed by atoms with Crippen molar-refractivity contribution in [1.29, 1.82) is 0 Å². The molecule has 0 saturated carbocycles. The van der Waals surface area contributed by atoms with Gasteiger partial charge in [0.15, 0.2) is 6.61 Å². The lowest BCUT2D eigenvalue weighted by atomic mass is 10.1. The smallest absolute Gasteiger partial charge is 0.339 e. The molecule has 1 amide bonds. The SMILES string of the molecule is COc1ccccc1N1CCN(C(=O)COC(=O)c2cc(=O)[nH]c3ccccc23)CC1. The maximum absolute atomic E-state index is 12.6. The molecular formula is C23H23N3O5. The van der Waals surface area contributed by atoms with Crippen molar-refractivity contribution in [2.45, 2.75) is 0 Å². The van der Waals surface area contributed by atoms with Crippen LogP contribution in [0, 0.1) is 0 Å². The van der Waals surface area contributed by atoms with E-state index in [1.807, 2.05) is 24.3 Å². The Bertz CT molecular complexity index is 1170. The molecule has 3 aromatic rings. The minimum absolute atomic E-state index is 0.146. The van der Waals surface area contributed by atoms with Crippen LogP contribution < -0.4 is 15.2 Å². The number of rotatable bonds is 5. The molecule has 0 atom stereocenters. The van der Waals surface area contributed by atoms with E-state index in [0.29, 0.717) is 37.1 Å². The minimum Gasteiger partial charge on any atom is -0.495 e. The number of hydrogen-bond donors (Lipinski definition) is 1. The van der Waals surface area contributed by atoms with Crippen LogP contribution in [0.15, 0.2) is 59.4 Å². The quantitative estimate of drug-likeness (QED) is 0.634. The fourth-order valence-corrected chi connectivity index (χ4v) is 3.76. The molecule has 31 heavy (non-hydrogen) atoms. The van der Waals surface area contributed by atoms with Gasteiger partial charge in [0.1, 0.15) is 5.75 Å². The number of piperazine rings is 1. The molecule has 1 saturated heterocycles. The molecular weight excluding hydrogens is 398 g/mol. The maximum Gasteiger partial charge on any atom is 0.339 e. The number of methoxy groups -OCH3 is 1. The predicted molar refractivity (Wildman–Crippen MR) is 117 cm³/mol. The standard InChI is InChI=1S/C23H23N3O5/c1-30-20-9-5-4-8-19(20)25-10-12-26(13-11-25)22(28)15-31-23(29)17-14-21(27)24-18-7-3-2-6-16(17)18/h2-9,14H,10-13,15H2,1H3,(H,24,27).